The molecule has 2 aliphatic heterocycles. The smallest absolute Gasteiger partial charge is 0.241 e. The molecule has 2 atom stereocenters. The molecule has 1 saturated carbocycles. The van der Waals surface area contributed by atoms with Gasteiger partial charge in [-0.05, 0) is 43.7 Å². The molecule has 3 aliphatic rings. The number of ether oxygens (including phenoxy) is 1. The summed E-state index contributed by atoms with van der Waals surface area (Å²) in [4.78, 5) is 20.4. The van der Waals surface area contributed by atoms with Crippen LogP contribution in [0.5, 0.6) is 0 Å². The second-order valence-corrected chi connectivity index (χ2v) is 11.0. The Hall–Kier alpha value is -1.74. The van der Waals surface area contributed by atoms with Gasteiger partial charge in [-0.1, -0.05) is 13.8 Å². The van der Waals surface area contributed by atoms with Crippen molar-refractivity contribution in [2.45, 2.75) is 51.6 Å². The second kappa shape index (κ2) is 7.69. The third kappa shape index (κ3) is 3.84. The van der Waals surface area contributed by atoms with E-state index < -0.39 is 0 Å². The van der Waals surface area contributed by atoms with Gasteiger partial charge in [0.25, 0.3) is 0 Å². The van der Waals surface area contributed by atoms with E-state index in [0.717, 1.165) is 53.3 Å². The number of carbonyl (C=O) groups is 1. The number of thiophene rings is 1. The van der Waals surface area contributed by atoms with Crippen molar-refractivity contribution in [2.75, 3.05) is 44.3 Å². The lowest BCUT2D eigenvalue weighted by atomic mass is 9.71. The summed E-state index contributed by atoms with van der Waals surface area (Å²) in [5, 5.41) is 13.5. The summed E-state index contributed by atoms with van der Waals surface area (Å²) in [5.41, 5.74) is 2.83. The highest BCUT2D eigenvalue weighted by atomic mass is 32.1. The van der Waals surface area contributed by atoms with Crippen molar-refractivity contribution in [1.82, 2.24) is 15.2 Å². The van der Waals surface area contributed by atoms with E-state index in [9.17, 15) is 4.79 Å². The van der Waals surface area contributed by atoms with Gasteiger partial charge in [0.2, 0.25) is 5.91 Å². The lowest BCUT2D eigenvalue weighted by Gasteiger charge is -2.32. The quantitative estimate of drug-likeness (QED) is 0.472. The van der Waals surface area contributed by atoms with Crippen molar-refractivity contribution in [3.8, 4) is 0 Å². The van der Waals surface area contributed by atoms with Crippen LogP contribution in [0, 0.1) is 10.8 Å². The van der Waals surface area contributed by atoms with E-state index in [-0.39, 0.29) is 11.4 Å². The van der Waals surface area contributed by atoms with E-state index in [0.29, 0.717) is 43.5 Å². The zero-order chi connectivity index (χ0) is 21.8. The summed E-state index contributed by atoms with van der Waals surface area (Å²) in [7, 11) is 0. The highest BCUT2D eigenvalue weighted by Crippen LogP contribution is 2.49. The highest BCUT2D eigenvalue weighted by Gasteiger charge is 2.61. The van der Waals surface area contributed by atoms with Crippen LogP contribution in [0.3, 0.4) is 0 Å². The molecular weight excluding hydrogens is 410 g/mol. The molecule has 168 valence electrons. The van der Waals surface area contributed by atoms with Crippen LogP contribution in [0.2, 0.25) is 0 Å². The Kier molecular flexibility index (Phi) is 5.24. The second-order valence-electron chi connectivity index (χ2n) is 9.98. The molecule has 2 saturated heterocycles. The minimum Gasteiger partial charge on any atom is -0.379 e. The van der Waals surface area contributed by atoms with Gasteiger partial charge in [-0.25, -0.2) is 0 Å². The van der Waals surface area contributed by atoms with Crippen LogP contribution < -0.4 is 10.2 Å². The molecule has 1 aliphatic carbocycles. The van der Waals surface area contributed by atoms with Gasteiger partial charge >= 0.3 is 0 Å². The summed E-state index contributed by atoms with van der Waals surface area (Å²) < 4.78 is 6.49. The third-order valence-electron chi connectivity index (χ3n) is 7.25. The van der Waals surface area contributed by atoms with Crippen LogP contribution in [0.4, 0.5) is 5.00 Å². The first kappa shape index (κ1) is 21.1. The summed E-state index contributed by atoms with van der Waals surface area (Å²) in [5.74, 6) is 0.134. The van der Waals surface area contributed by atoms with Crippen molar-refractivity contribution in [3.63, 3.8) is 0 Å². The van der Waals surface area contributed by atoms with Crippen molar-refractivity contribution in [1.29, 1.82) is 5.41 Å². The molecule has 4 heterocycles. The Balaban J connectivity index is 1.30. The Labute approximate surface area is 187 Å². The van der Waals surface area contributed by atoms with Gasteiger partial charge in [-0.2, -0.15) is 0 Å². The van der Waals surface area contributed by atoms with Crippen molar-refractivity contribution >= 4 is 38.2 Å². The fourth-order valence-electron chi connectivity index (χ4n) is 5.21. The molecule has 0 bridgehead atoms. The molecule has 5 rings (SSSR count). The summed E-state index contributed by atoms with van der Waals surface area (Å²) in [6.45, 7) is 10.8. The number of amides is 1. The third-order valence-corrected chi connectivity index (χ3v) is 8.36. The Morgan fingerprint density at radius 2 is 2.10 bits per heavy atom. The first-order chi connectivity index (χ1) is 14.8. The van der Waals surface area contributed by atoms with Gasteiger partial charge in [0.15, 0.2) is 0 Å². The molecule has 0 spiro atoms. The number of nitrogens with zero attached hydrogens (tertiary/aromatic N) is 2. The van der Waals surface area contributed by atoms with Crippen molar-refractivity contribution in [2.24, 2.45) is 5.41 Å². The van der Waals surface area contributed by atoms with Gasteiger partial charge in [-0.3, -0.25) is 15.0 Å². The maximum absolute atomic E-state index is 12.9. The lowest BCUT2D eigenvalue weighted by Crippen LogP contribution is -2.44. The molecule has 31 heavy (non-hydrogen) atoms. The fourth-order valence-corrected chi connectivity index (χ4v) is 6.35. The molecular formula is C23H33N5O2S. The van der Waals surface area contributed by atoms with Crippen LogP contribution in [0.25, 0.3) is 10.2 Å². The highest BCUT2D eigenvalue weighted by molar-refractivity contribution is 7.23. The normalized spacial score (nSPS) is 27.8. The number of anilines is 1. The summed E-state index contributed by atoms with van der Waals surface area (Å²) in [6.07, 6.45) is 3.31. The number of hydrogen-bond acceptors (Lipinski definition) is 6. The van der Waals surface area contributed by atoms with Gasteiger partial charge in [0.1, 0.15) is 5.00 Å². The number of nitrogens with one attached hydrogen (secondary N) is 3. The molecule has 0 radical (unpaired) electrons. The van der Waals surface area contributed by atoms with Gasteiger partial charge in [-0.15, -0.1) is 11.3 Å². The fraction of sp³-hybridized carbons (Fsp3) is 0.652. The zero-order valence-electron chi connectivity index (χ0n) is 18.7. The number of likely N-dealkylation sites (N-methyl/N-ethyl adjacent to an activating group) is 1. The first-order valence-electron chi connectivity index (χ1n) is 11.4. The zero-order valence-corrected chi connectivity index (χ0v) is 19.5. The molecule has 8 heteroatoms. The lowest BCUT2D eigenvalue weighted by molar-refractivity contribution is -0.120. The number of rotatable bonds is 6. The molecule has 2 aromatic heterocycles. The Morgan fingerprint density at radius 3 is 2.77 bits per heavy atom. The maximum Gasteiger partial charge on any atom is 0.241 e. The van der Waals surface area contributed by atoms with Gasteiger partial charge < -0.3 is 20.0 Å². The van der Waals surface area contributed by atoms with Crippen LogP contribution >= 0.6 is 11.3 Å². The van der Waals surface area contributed by atoms with E-state index in [1.165, 1.54) is 0 Å². The number of carbonyl (C=O) groups excluding carboxylic acids is 1. The van der Waals surface area contributed by atoms with Gasteiger partial charge in [0.05, 0.1) is 46.9 Å². The molecule has 0 aromatic carbocycles. The van der Waals surface area contributed by atoms with E-state index in [4.69, 9.17) is 10.1 Å². The SMILES string of the molecule is CCN(C(=O)CN1CCOCC1)c1cc2[nH]c(C(=N)C34CCC(C)(C)CC3N4)cc2s1. The predicted molar refractivity (Wildman–Crippen MR) is 126 cm³/mol. The summed E-state index contributed by atoms with van der Waals surface area (Å²) >= 11 is 1.63. The van der Waals surface area contributed by atoms with Gasteiger partial charge in [0, 0.05) is 25.7 Å². The largest absolute Gasteiger partial charge is 0.379 e. The molecule has 3 N–H and O–H groups in total. The van der Waals surface area contributed by atoms with Crippen molar-refractivity contribution in [3.05, 3.63) is 17.8 Å². The van der Waals surface area contributed by atoms with E-state index in [1.54, 1.807) is 11.3 Å². The minimum atomic E-state index is -0.144. The number of aromatic nitrogens is 1. The maximum atomic E-state index is 12.9. The summed E-state index contributed by atoms with van der Waals surface area (Å²) in [6, 6.07) is 4.59. The number of hydrogen-bond donors (Lipinski definition) is 3. The average Bonchev–Trinajstić information content (AvgIpc) is 3.09. The minimum absolute atomic E-state index is 0.134. The van der Waals surface area contributed by atoms with Crippen LogP contribution in [-0.2, 0) is 9.53 Å². The van der Waals surface area contributed by atoms with E-state index in [2.05, 4.69) is 41.2 Å². The number of H-pyrrole nitrogens is 1. The van der Waals surface area contributed by atoms with E-state index in [1.807, 2.05) is 11.8 Å². The molecule has 2 aromatic rings. The first-order valence-corrected chi connectivity index (χ1v) is 12.2. The number of morpholine rings is 1. The molecule has 2 unspecified atom stereocenters. The standard InChI is InChI=1S/C23H33N5O2S/c1-4-28(19(29)14-27-7-9-30-10-8-27)20-12-15-17(31-20)11-16(25-15)21(24)23-6-5-22(2,3)13-18(23)26-23/h11-12,18,24-26H,4-10,13-14H2,1-3H3. The number of aromatic amines is 1. The van der Waals surface area contributed by atoms with Crippen LogP contribution in [0.15, 0.2) is 12.1 Å². The van der Waals surface area contributed by atoms with Crippen LogP contribution in [0.1, 0.15) is 45.7 Å². The predicted octanol–water partition coefficient (Wildman–Crippen LogP) is 3.20. The van der Waals surface area contributed by atoms with E-state index >= 15 is 0 Å². The molecule has 1 amide bonds. The average molecular weight is 444 g/mol. The molecule has 7 nitrogen and oxygen atoms in total. The van der Waals surface area contributed by atoms with Crippen molar-refractivity contribution < 1.29 is 9.53 Å². The Bertz CT molecular complexity index is 973. The van der Waals surface area contributed by atoms with Crippen LogP contribution in [-0.4, -0.2) is 72.5 Å². The monoisotopic (exact) mass is 443 g/mol. The Morgan fingerprint density at radius 1 is 1.32 bits per heavy atom. The topological polar surface area (TPSA) is 94.4 Å². The molecule has 3 fully saturated rings. The number of fused-ring (bicyclic) bond motifs is 2.